The number of fused-ring (bicyclic) bond motifs is 1. The van der Waals surface area contributed by atoms with Crippen molar-refractivity contribution in [1.29, 1.82) is 0 Å². The number of carbonyl (C=O) groups excluding carboxylic acids is 1. The van der Waals surface area contributed by atoms with Crippen molar-refractivity contribution in [2.45, 2.75) is 6.54 Å². The van der Waals surface area contributed by atoms with Crippen LogP contribution in [0.25, 0.3) is 10.9 Å². The van der Waals surface area contributed by atoms with Gasteiger partial charge in [-0.1, -0.05) is 12.1 Å². The zero-order chi connectivity index (χ0) is 9.97. The van der Waals surface area contributed by atoms with Gasteiger partial charge in [0.25, 0.3) is 0 Å². The lowest BCUT2D eigenvalue weighted by Gasteiger charge is -2.02. The number of esters is 1. The summed E-state index contributed by atoms with van der Waals surface area (Å²) in [6.45, 7) is 0.248. The summed E-state index contributed by atoms with van der Waals surface area (Å²) in [4.78, 5) is 11.1. The van der Waals surface area contributed by atoms with Crippen LogP contribution in [0.15, 0.2) is 30.5 Å². The zero-order valence-corrected chi connectivity index (χ0v) is 7.86. The summed E-state index contributed by atoms with van der Waals surface area (Å²) in [5, 5.41) is 1.10. The van der Waals surface area contributed by atoms with Crippen molar-refractivity contribution in [2.24, 2.45) is 0 Å². The minimum absolute atomic E-state index is 0.244. The van der Waals surface area contributed by atoms with Gasteiger partial charge in [-0.25, -0.2) is 0 Å². The number of carbonyl (C=O) groups is 1. The molecule has 1 radical (unpaired) electrons. The van der Waals surface area contributed by atoms with E-state index in [1.165, 1.54) is 7.11 Å². The Morgan fingerprint density at radius 2 is 2.43 bits per heavy atom. The number of benzene rings is 1. The van der Waals surface area contributed by atoms with Gasteiger partial charge in [0.2, 0.25) is 0 Å². The quantitative estimate of drug-likeness (QED) is 0.670. The summed E-state index contributed by atoms with van der Waals surface area (Å²) < 4.78 is 6.45. The van der Waals surface area contributed by atoms with Crippen LogP contribution in [-0.2, 0) is 16.1 Å². The lowest BCUT2D eigenvalue weighted by Crippen LogP contribution is -2.10. The first-order chi connectivity index (χ1) is 6.81. The molecule has 0 aliphatic carbocycles. The minimum Gasteiger partial charge on any atom is -0.468 e. The molecule has 0 saturated carbocycles. The van der Waals surface area contributed by atoms with Crippen LogP contribution in [0.4, 0.5) is 0 Å². The average molecular weight is 188 g/mol. The molecule has 2 aromatic rings. The van der Waals surface area contributed by atoms with Crippen molar-refractivity contribution in [3.63, 3.8) is 0 Å². The number of hydrogen-bond donors (Lipinski definition) is 0. The van der Waals surface area contributed by atoms with E-state index in [0.717, 1.165) is 10.9 Å². The predicted octanol–water partition coefficient (Wildman–Crippen LogP) is 1.61. The second kappa shape index (κ2) is 3.54. The van der Waals surface area contributed by atoms with E-state index in [9.17, 15) is 4.79 Å². The Labute approximate surface area is 81.9 Å². The number of aromatic nitrogens is 1. The first kappa shape index (κ1) is 8.81. The fourth-order valence-electron chi connectivity index (χ4n) is 1.42. The van der Waals surface area contributed by atoms with Crippen molar-refractivity contribution in [2.75, 3.05) is 7.11 Å². The highest BCUT2D eigenvalue weighted by molar-refractivity contribution is 5.81. The van der Waals surface area contributed by atoms with Gasteiger partial charge in [0.15, 0.2) is 0 Å². The third kappa shape index (κ3) is 1.48. The smallest absolute Gasteiger partial charge is 0.325 e. The number of rotatable bonds is 2. The van der Waals surface area contributed by atoms with E-state index < -0.39 is 0 Å². The van der Waals surface area contributed by atoms with Crippen molar-refractivity contribution in [3.8, 4) is 0 Å². The van der Waals surface area contributed by atoms with Crippen LogP contribution in [0.5, 0.6) is 0 Å². The fourth-order valence-corrected chi connectivity index (χ4v) is 1.42. The molecule has 0 bridgehead atoms. The number of nitrogens with zero attached hydrogens (tertiary/aromatic N) is 1. The SMILES string of the molecule is COC(=O)Cn1ccc2cc[c]cc21. The highest BCUT2D eigenvalue weighted by Gasteiger charge is 2.04. The monoisotopic (exact) mass is 188 g/mol. The van der Waals surface area contributed by atoms with Gasteiger partial charge in [-0.05, 0) is 23.6 Å². The van der Waals surface area contributed by atoms with Crippen molar-refractivity contribution >= 4 is 16.9 Å². The molecular weight excluding hydrogens is 178 g/mol. The van der Waals surface area contributed by atoms with E-state index in [1.807, 2.05) is 35.0 Å². The standard InChI is InChI=1S/C11H10NO2/c1-14-11(13)8-12-7-6-9-4-2-3-5-10(9)12/h2,4-7H,8H2,1H3. The Morgan fingerprint density at radius 3 is 3.21 bits per heavy atom. The summed E-state index contributed by atoms with van der Waals surface area (Å²) in [5.41, 5.74) is 0.998. The van der Waals surface area contributed by atoms with Crippen LogP contribution >= 0.6 is 0 Å². The first-order valence-corrected chi connectivity index (χ1v) is 4.33. The Kier molecular flexibility index (Phi) is 2.23. The zero-order valence-electron chi connectivity index (χ0n) is 7.86. The molecule has 1 heterocycles. The van der Waals surface area contributed by atoms with Gasteiger partial charge in [0.1, 0.15) is 6.54 Å². The van der Waals surface area contributed by atoms with E-state index in [2.05, 4.69) is 10.8 Å². The lowest BCUT2D eigenvalue weighted by atomic mass is 10.2. The molecule has 1 aromatic heterocycles. The molecule has 0 aliphatic rings. The fraction of sp³-hybridized carbons (Fsp3) is 0.182. The first-order valence-electron chi connectivity index (χ1n) is 4.33. The van der Waals surface area contributed by atoms with E-state index >= 15 is 0 Å². The molecule has 71 valence electrons. The largest absolute Gasteiger partial charge is 0.468 e. The molecule has 2 rings (SSSR count). The molecule has 0 spiro atoms. The van der Waals surface area contributed by atoms with Crippen LogP contribution in [-0.4, -0.2) is 17.6 Å². The van der Waals surface area contributed by atoms with E-state index in [-0.39, 0.29) is 12.5 Å². The summed E-state index contributed by atoms with van der Waals surface area (Å²) in [7, 11) is 1.39. The normalized spacial score (nSPS) is 10.4. The van der Waals surface area contributed by atoms with E-state index in [0.29, 0.717) is 0 Å². The second-order valence-corrected chi connectivity index (χ2v) is 3.00. The van der Waals surface area contributed by atoms with E-state index in [1.54, 1.807) is 0 Å². The van der Waals surface area contributed by atoms with Gasteiger partial charge in [0, 0.05) is 11.7 Å². The molecular formula is C11H10NO2. The summed E-state index contributed by atoms with van der Waals surface area (Å²) in [5.74, 6) is -0.244. The van der Waals surface area contributed by atoms with E-state index in [4.69, 9.17) is 0 Å². The third-order valence-corrected chi connectivity index (χ3v) is 2.15. The lowest BCUT2D eigenvalue weighted by molar-refractivity contribution is -0.141. The summed E-state index contributed by atoms with van der Waals surface area (Å²) in [6, 6.07) is 10.6. The maximum atomic E-state index is 11.1. The molecule has 0 aliphatic heterocycles. The topological polar surface area (TPSA) is 31.2 Å². The molecule has 0 unspecified atom stereocenters. The van der Waals surface area contributed by atoms with Crippen LogP contribution in [0, 0.1) is 6.07 Å². The van der Waals surface area contributed by atoms with Crippen LogP contribution < -0.4 is 0 Å². The van der Waals surface area contributed by atoms with Gasteiger partial charge in [-0.3, -0.25) is 4.79 Å². The van der Waals surface area contributed by atoms with Crippen LogP contribution in [0.2, 0.25) is 0 Å². The molecule has 0 fully saturated rings. The van der Waals surface area contributed by atoms with Gasteiger partial charge in [0.05, 0.1) is 7.11 Å². The van der Waals surface area contributed by atoms with Crippen molar-refractivity contribution in [1.82, 2.24) is 4.57 Å². The summed E-state index contributed by atoms with van der Waals surface area (Å²) in [6.07, 6.45) is 1.87. The van der Waals surface area contributed by atoms with Crippen LogP contribution in [0.3, 0.4) is 0 Å². The molecule has 3 heteroatoms. The number of methoxy groups -OCH3 is 1. The highest BCUT2D eigenvalue weighted by atomic mass is 16.5. The Bertz CT molecular complexity index is 459. The maximum Gasteiger partial charge on any atom is 0.325 e. The highest BCUT2D eigenvalue weighted by Crippen LogP contribution is 2.14. The molecule has 0 atom stereocenters. The Morgan fingerprint density at radius 1 is 1.57 bits per heavy atom. The van der Waals surface area contributed by atoms with Crippen molar-refractivity contribution < 1.29 is 9.53 Å². The maximum absolute atomic E-state index is 11.1. The predicted molar refractivity (Wildman–Crippen MR) is 52.8 cm³/mol. The average Bonchev–Trinajstić information content (AvgIpc) is 2.62. The minimum atomic E-state index is -0.244. The molecule has 0 amide bonds. The Balaban J connectivity index is 2.38. The molecule has 0 saturated heterocycles. The molecule has 14 heavy (non-hydrogen) atoms. The molecule has 0 N–H and O–H groups in total. The van der Waals surface area contributed by atoms with Gasteiger partial charge in [-0.15, -0.1) is 0 Å². The van der Waals surface area contributed by atoms with Crippen LogP contribution in [0.1, 0.15) is 0 Å². The van der Waals surface area contributed by atoms with Gasteiger partial charge < -0.3 is 9.30 Å². The summed E-state index contributed by atoms with van der Waals surface area (Å²) >= 11 is 0. The third-order valence-electron chi connectivity index (χ3n) is 2.15. The second-order valence-electron chi connectivity index (χ2n) is 3.00. The molecule has 1 aromatic carbocycles. The van der Waals surface area contributed by atoms with Gasteiger partial charge in [-0.2, -0.15) is 0 Å². The van der Waals surface area contributed by atoms with Crippen molar-refractivity contribution in [3.05, 3.63) is 36.5 Å². The Hall–Kier alpha value is -1.77. The number of hydrogen-bond acceptors (Lipinski definition) is 2. The molecule has 3 nitrogen and oxygen atoms in total. The van der Waals surface area contributed by atoms with Gasteiger partial charge >= 0.3 is 5.97 Å². The number of ether oxygens (including phenoxy) is 1.